The molecule has 2 aliphatic heterocycles. The van der Waals surface area contributed by atoms with Gasteiger partial charge in [-0.1, -0.05) is 0 Å². The third-order valence-electron chi connectivity index (χ3n) is 5.50. The van der Waals surface area contributed by atoms with Crippen molar-refractivity contribution in [3.05, 3.63) is 46.5 Å². The molecule has 0 saturated carbocycles. The molecule has 2 aliphatic rings. The Morgan fingerprint density at radius 3 is 2.33 bits per heavy atom. The predicted octanol–water partition coefficient (Wildman–Crippen LogP) is 3.39. The second kappa shape index (κ2) is 11.6. The quantitative estimate of drug-likeness (QED) is 0.436. The molecular formula is C22H27F4N3O6S. The molecule has 0 radical (unpaired) electrons. The van der Waals surface area contributed by atoms with Gasteiger partial charge in [-0.3, -0.25) is 9.48 Å². The van der Waals surface area contributed by atoms with Gasteiger partial charge < -0.3 is 18.6 Å². The average molecular weight is 538 g/mol. The third-order valence-corrected chi connectivity index (χ3v) is 5.98. The van der Waals surface area contributed by atoms with Gasteiger partial charge in [0.1, 0.15) is 24.9 Å². The minimum absolute atomic E-state index is 0.0299. The molecule has 1 aromatic carbocycles. The van der Waals surface area contributed by atoms with Crippen LogP contribution in [0.5, 0.6) is 5.75 Å². The second-order valence-electron chi connectivity index (χ2n) is 8.37. The molecule has 0 atom stereocenters. The van der Waals surface area contributed by atoms with Crippen molar-refractivity contribution in [2.75, 3.05) is 26.1 Å². The Kier molecular flexibility index (Phi) is 8.95. The first-order valence-corrected chi connectivity index (χ1v) is 12.9. The van der Waals surface area contributed by atoms with Gasteiger partial charge in [-0.2, -0.15) is 26.7 Å². The van der Waals surface area contributed by atoms with Gasteiger partial charge in [0, 0.05) is 29.9 Å². The number of aryl methyl sites for hydroxylation is 1. The zero-order valence-electron chi connectivity index (χ0n) is 19.8. The van der Waals surface area contributed by atoms with Gasteiger partial charge >= 0.3 is 16.3 Å². The number of aromatic nitrogens is 2. The molecule has 1 fully saturated rings. The minimum atomic E-state index is -4.47. The summed E-state index contributed by atoms with van der Waals surface area (Å²) in [6, 6.07) is 3.38. The first-order chi connectivity index (χ1) is 16.8. The molecule has 9 nitrogen and oxygen atoms in total. The highest BCUT2D eigenvalue weighted by atomic mass is 32.2. The Morgan fingerprint density at radius 2 is 1.75 bits per heavy atom. The van der Waals surface area contributed by atoms with Crippen molar-refractivity contribution in [3.63, 3.8) is 0 Å². The van der Waals surface area contributed by atoms with Crippen LogP contribution in [0.25, 0.3) is 0 Å². The molecule has 1 saturated heterocycles. The molecule has 3 heterocycles. The molecule has 1 aromatic heterocycles. The van der Waals surface area contributed by atoms with E-state index in [9.17, 15) is 30.8 Å². The number of hydrogen-bond donors (Lipinski definition) is 0. The monoisotopic (exact) mass is 537 g/mol. The summed E-state index contributed by atoms with van der Waals surface area (Å²) < 4.78 is 89.2. The van der Waals surface area contributed by atoms with Crippen molar-refractivity contribution >= 4 is 16.0 Å². The normalized spacial score (nSPS) is 16.4. The van der Waals surface area contributed by atoms with Crippen molar-refractivity contribution in [3.8, 4) is 5.75 Å². The molecule has 200 valence electrons. The fourth-order valence-corrected chi connectivity index (χ4v) is 4.21. The van der Waals surface area contributed by atoms with E-state index in [-0.39, 0.29) is 43.8 Å². The fraction of sp³-hybridized carbons (Fsp3) is 0.545. The van der Waals surface area contributed by atoms with Gasteiger partial charge in [0.15, 0.2) is 5.69 Å². The molecule has 0 spiro atoms. The largest absolute Gasteiger partial charge is 0.435 e. The lowest BCUT2D eigenvalue weighted by molar-refractivity contribution is -0.142. The van der Waals surface area contributed by atoms with E-state index in [1.807, 2.05) is 0 Å². The van der Waals surface area contributed by atoms with E-state index < -0.39 is 27.8 Å². The molecule has 0 bridgehead atoms. The summed E-state index contributed by atoms with van der Waals surface area (Å²) in [6.45, 7) is 2.89. The smallest absolute Gasteiger partial charge is 0.382 e. The van der Waals surface area contributed by atoms with E-state index in [2.05, 4.69) is 5.10 Å². The number of halogens is 4. The van der Waals surface area contributed by atoms with Crippen LogP contribution in [-0.2, 0) is 50.3 Å². The van der Waals surface area contributed by atoms with Crippen LogP contribution in [0.1, 0.15) is 41.8 Å². The van der Waals surface area contributed by atoms with Crippen molar-refractivity contribution < 1.29 is 44.4 Å². The van der Waals surface area contributed by atoms with Crippen molar-refractivity contribution in [1.82, 2.24) is 14.7 Å². The van der Waals surface area contributed by atoms with Crippen LogP contribution >= 0.6 is 0 Å². The number of likely N-dealkylation sites (tertiary alicyclic amines) is 1. The highest BCUT2D eigenvalue weighted by Crippen LogP contribution is 2.30. The number of alkyl halides is 3. The molecule has 0 N–H and O–H groups in total. The van der Waals surface area contributed by atoms with Gasteiger partial charge in [-0.05, 0) is 44.4 Å². The molecule has 2 aromatic rings. The highest BCUT2D eigenvalue weighted by molar-refractivity contribution is 7.86. The van der Waals surface area contributed by atoms with Gasteiger partial charge in [0.25, 0.3) is 0 Å². The maximum atomic E-state index is 13.5. The third kappa shape index (κ3) is 7.64. The number of fused-ring (bicyclic) bond motifs is 1. The van der Waals surface area contributed by atoms with Gasteiger partial charge in [-0.25, -0.2) is 4.39 Å². The zero-order chi connectivity index (χ0) is 26.5. The van der Waals surface area contributed by atoms with Crippen LogP contribution in [0.15, 0.2) is 18.2 Å². The molecule has 14 heteroatoms. The molecule has 0 unspecified atom stereocenters. The Balaban J connectivity index is 0.000000202. The van der Waals surface area contributed by atoms with Gasteiger partial charge in [-0.15, -0.1) is 0 Å². The minimum Gasteiger partial charge on any atom is -0.382 e. The van der Waals surface area contributed by atoms with Crippen molar-refractivity contribution in [2.45, 2.75) is 52.1 Å². The first kappa shape index (κ1) is 27.9. The number of nitrogens with zero attached hydrogens (tertiary/aromatic N) is 3. The first-order valence-electron chi connectivity index (χ1n) is 11.1. The van der Waals surface area contributed by atoms with E-state index in [0.29, 0.717) is 24.3 Å². The molecule has 0 aliphatic carbocycles. The topological polar surface area (TPSA) is 100.0 Å². The highest BCUT2D eigenvalue weighted by Gasteiger charge is 2.34. The summed E-state index contributed by atoms with van der Waals surface area (Å²) in [7, 11) is -3.65. The van der Waals surface area contributed by atoms with E-state index in [0.717, 1.165) is 42.3 Å². The van der Waals surface area contributed by atoms with E-state index in [4.69, 9.17) is 13.7 Å². The fourth-order valence-electron chi connectivity index (χ4n) is 3.72. The summed E-state index contributed by atoms with van der Waals surface area (Å²) in [4.78, 5) is 13.7. The summed E-state index contributed by atoms with van der Waals surface area (Å²) in [5, 5.41) is 3.46. The standard InChI is InChI=1S/C12H16F3N3O.C10H11FO5S/c1-9-7-10(12(13,14)15)16-18(9)8-11(19)17-5-3-2-4-6-17;1-17(12,13)16-10-3-2-9(11)7-4-14-6-15-5-8(7)10/h7H,2-6,8H2,1H3;2-3H,4-6H2,1H3. The Morgan fingerprint density at radius 1 is 1.11 bits per heavy atom. The molecule has 4 rings (SSSR count). The summed E-state index contributed by atoms with van der Waals surface area (Å²) in [6.07, 6.45) is -0.529. The molecule has 1 amide bonds. The number of ether oxygens (including phenoxy) is 2. The predicted molar refractivity (Wildman–Crippen MR) is 119 cm³/mol. The number of hydrogen-bond acceptors (Lipinski definition) is 7. The maximum absolute atomic E-state index is 13.5. The lowest BCUT2D eigenvalue weighted by atomic mass is 10.1. The number of amides is 1. The van der Waals surface area contributed by atoms with Crippen LogP contribution in [0.3, 0.4) is 0 Å². The Bertz CT molecular complexity index is 1180. The lowest BCUT2D eigenvalue weighted by Gasteiger charge is -2.26. The van der Waals surface area contributed by atoms with E-state index >= 15 is 0 Å². The summed E-state index contributed by atoms with van der Waals surface area (Å²) in [5.41, 5.74) is 0.0331. The van der Waals surface area contributed by atoms with Crippen LogP contribution in [0.2, 0.25) is 0 Å². The molecular weight excluding hydrogens is 510 g/mol. The van der Waals surface area contributed by atoms with E-state index in [1.54, 1.807) is 4.90 Å². The van der Waals surface area contributed by atoms with Crippen LogP contribution in [-0.4, -0.2) is 55.1 Å². The number of rotatable bonds is 4. The van der Waals surface area contributed by atoms with Crippen molar-refractivity contribution in [2.24, 2.45) is 0 Å². The number of benzene rings is 1. The Hall–Kier alpha value is -2.71. The zero-order valence-corrected chi connectivity index (χ0v) is 20.6. The number of piperidine rings is 1. The van der Waals surface area contributed by atoms with Crippen LogP contribution in [0.4, 0.5) is 17.6 Å². The van der Waals surface area contributed by atoms with Gasteiger partial charge in [0.2, 0.25) is 5.91 Å². The number of carbonyl (C=O) groups is 1. The molecule has 36 heavy (non-hydrogen) atoms. The summed E-state index contributed by atoms with van der Waals surface area (Å²) in [5.74, 6) is -0.555. The average Bonchev–Trinajstić information content (AvgIpc) is 3.01. The van der Waals surface area contributed by atoms with Crippen molar-refractivity contribution in [1.29, 1.82) is 0 Å². The van der Waals surface area contributed by atoms with Crippen LogP contribution < -0.4 is 4.18 Å². The van der Waals surface area contributed by atoms with Crippen LogP contribution in [0, 0.1) is 12.7 Å². The van der Waals surface area contributed by atoms with Gasteiger partial charge in [0.05, 0.1) is 19.5 Å². The number of carbonyl (C=O) groups excluding carboxylic acids is 1. The Labute approximate surface area is 206 Å². The lowest BCUT2D eigenvalue weighted by Crippen LogP contribution is -2.38. The SMILES string of the molecule is CS(=O)(=O)Oc1ccc(F)c2c1COCOC2.Cc1cc(C(F)(F)F)nn1CC(=O)N1CCCCC1. The van der Waals surface area contributed by atoms with E-state index in [1.165, 1.54) is 13.0 Å². The summed E-state index contributed by atoms with van der Waals surface area (Å²) >= 11 is 0. The second-order valence-corrected chi connectivity index (χ2v) is 9.95. The maximum Gasteiger partial charge on any atom is 0.435 e.